The molecule has 1 aliphatic heterocycles. The molecule has 1 aliphatic rings. The molecule has 1 N–H and O–H groups in total. The van der Waals surface area contributed by atoms with Crippen LogP contribution in [0, 0.1) is 0 Å². The standard InChI is InChI=1S/C17H23NO5/c1-17(22-2)7-4-9-18(10-8-17)16(21)13-5-3-6-14(11-13)23-12-15(19)20/h3,5-6,11H,4,7-10,12H2,1-2H3,(H,19,20)/t17-/m1/s1. The Bertz CT molecular complexity index is 574. The molecular formula is C17H23NO5. The Labute approximate surface area is 136 Å². The number of amides is 1. The van der Waals surface area contributed by atoms with Crippen LogP contribution in [-0.4, -0.2) is 54.3 Å². The van der Waals surface area contributed by atoms with Crippen LogP contribution in [0.1, 0.15) is 36.5 Å². The molecule has 1 fully saturated rings. The lowest BCUT2D eigenvalue weighted by Gasteiger charge is -2.26. The summed E-state index contributed by atoms with van der Waals surface area (Å²) in [6.45, 7) is 2.98. The van der Waals surface area contributed by atoms with E-state index in [1.54, 1.807) is 31.4 Å². The monoisotopic (exact) mass is 321 g/mol. The molecule has 0 unspecified atom stereocenters. The highest BCUT2D eigenvalue weighted by atomic mass is 16.5. The van der Waals surface area contributed by atoms with Crippen molar-refractivity contribution in [2.75, 3.05) is 26.8 Å². The number of carboxylic acids is 1. The van der Waals surface area contributed by atoms with E-state index in [4.69, 9.17) is 14.6 Å². The Morgan fingerprint density at radius 1 is 1.30 bits per heavy atom. The van der Waals surface area contributed by atoms with Crippen LogP contribution in [0.25, 0.3) is 0 Å². The molecule has 126 valence electrons. The molecule has 1 saturated heterocycles. The average Bonchev–Trinajstić information content (AvgIpc) is 2.75. The number of carbonyl (C=O) groups excluding carboxylic acids is 1. The molecule has 1 atom stereocenters. The van der Waals surface area contributed by atoms with E-state index in [0.717, 1.165) is 19.3 Å². The Kier molecular flexibility index (Phi) is 5.60. The number of carbonyl (C=O) groups is 2. The number of hydrogen-bond acceptors (Lipinski definition) is 4. The molecule has 6 nitrogen and oxygen atoms in total. The summed E-state index contributed by atoms with van der Waals surface area (Å²) in [7, 11) is 1.71. The van der Waals surface area contributed by atoms with E-state index < -0.39 is 12.6 Å². The lowest BCUT2D eigenvalue weighted by molar-refractivity contribution is -0.139. The lowest BCUT2D eigenvalue weighted by Crippen LogP contribution is -2.34. The van der Waals surface area contributed by atoms with Crippen LogP contribution >= 0.6 is 0 Å². The quantitative estimate of drug-likeness (QED) is 0.899. The van der Waals surface area contributed by atoms with Crippen molar-refractivity contribution < 1.29 is 24.2 Å². The van der Waals surface area contributed by atoms with Gasteiger partial charge < -0.3 is 19.5 Å². The molecule has 1 amide bonds. The normalized spacial score (nSPS) is 21.6. The Morgan fingerprint density at radius 3 is 2.78 bits per heavy atom. The first-order valence-electron chi connectivity index (χ1n) is 7.73. The zero-order chi connectivity index (χ0) is 16.9. The number of carboxylic acid groups (broad SMARTS) is 1. The molecule has 1 aromatic carbocycles. The minimum absolute atomic E-state index is 0.0638. The molecule has 2 rings (SSSR count). The minimum Gasteiger partial charge on any atom is -0.482 e. The van der Waals surface area contributed by atoms with Crippen molar-refractivity contribution in [1.29, 1.82) is 0 Å². The summed E-state index contributed by atoms with van der Waals surface area (Å²) < 4.78 is 10.7. The third-order valence-electron chi connectivity index (χ3n) is 4.27. The van der Waals surface area contributed by atoms with Gasteiger partial charge in [0.05, 0.1) is 5.60 Å². The van der Waals surface area contributed by atoms with Crippen LogP contribution in [0.5, 0.6) is 5.75 Å². The van der Waals surface area contributed by atoms with Gasteiger partial charge in [-0.3, -0.25) is 4.79 Å². The van der Waals surface area contributed by atoms with Crippen molar-refractivity contribution in [3.05, 3.63) is 29.8 Å². The maximum absolute atomic E-state index is 12.7. The van der Waals surface area contributed by atoms with Crippen molar-refractivity contribution >= 4 is 11.9 Å². The second-order valence-corrected chi connectivity index (χ2v) is 6.01. The maximum Gasteiger partial charge on any atom is 0.341 e. The SMILES string of the molecule is CO[C@]1(C)CCCN(C(=O)c2cccc(OCC(=O)O)c2)CC1. The smallest absolute Gasteiger partial charge is 0.341 e. The highest BCUT2D eigenvalue weighted by molar-refractivity contribution is 5.94. The third kappa shape index (κ3) is 4.69. The van der Waals surface area contributed by atoms with E-state index in [-0.39, 0.29) is 11.5 Å². The fourth-order valence-corrected chi connectivity index (χ4v) is 2.71. The van der Waals surface area contributed by atoms with Crippen molar-refractivity contribution in [2.24, 2.45) is 0 Å². The molecule has 23 heavy (non-hydrogen) atoms. The van der Waals surface area contributed by atoms with E-state index in [9.17, 15) is 9.59 Å². The van der Waals surface area contributed by atoms with Gasteiger partial charge in [0.2, 0.25) is 0 Å². The largest absolute Gasteiger partial charge is 0.482 e. The molecule has 0 radical (unpaired) electrons. The number of rotatable bonds is 5. The molecular weight excluding hydrogens is 298 g/mol. The number of nitrogens with zero attached hydrogens (tertiary/aromatic N) is 1. The molecule has 1 heterocycles. The third-order valence-corrected chi connectivity index (χ3v) is 4.27. The number of ether oxygens (including phenoxy) is 2. The van der Waals surface area contributed by atoms with Crippen LogP contribution in [0.15, 0.2) is 24.3 Å². The first kappa shape index (κ1) is 17.3. The Hall–Kier alpha value is -2.08. The molecule has 0 aromatic heterocycles. The van der Waals surface area contributed by atoms with E-state index in [2.05, 4.69) is 6.92 Å². The molecule has 1 aromatic rings. The van der Waals surface area contributed by atoms with Crippen LogP contribution < -0.4 is 4.74 Å². The predicted molar refractivity (Wildman–Crippen MR) is 84.7 cm³/mol. The second-order valence-electron chi connectivity index (χ2n) is 6.01. The van der Waals surface area contributed by atoms with Crippen molar-refractivity contribution in [1.82, 2.24) is 4.90 Å². The number of hydrogen-bond donors (Lipinski definition) is 1. The van der Waals surface area contributed by atoms with E-state index in [1.807, 2.05) is 4.90 Å². The molecule has 0 bridgehead atoms. The topological polar surface area (TPSA) is 76.1 Å². The summed E-state index contributed by atoms with van der Waals surface area (Å²) in [4.78, 5) is 25.0. The van der Waals surface area contributed by atoms with Crippen LogP contribution in [0.4, 0.5) is 0 Å². The van der Waals surface area contributed by atoms with Crippen molar-refractivity contribution in [2.45, 2.75) is 31.8 Å². The number of aliphatic carboxylic acids is 1. The average molecular weight is 321 g/mol. The van der Waals surface area contributed by atoms with Crippen LogP contribution in [-0.2, 0) is 9.53 Å². The summed E-state index contributed by atoms with van der Waals surface area (Å²) in [6.07, 6.45) is 2.62. The zero-order valence-corrected chi connectivity index (χ0v) is 13.6. The van der Waals surface area contributed by atoms with E-state index in [1.165, 1.54) is 0 Å². The van der Waals surface area contributed by atoms with Gasteiger partial charge in [0, 0.05) is 25.8 Å². The van der Waals surface area contributed by atoms with Gasteiger partial charge >= 0.3 is 5.97 Å². The molecule has 0 spiro atoms. The van der Waals surface area contributed by atoms with Crippen molar-refractivity contribution in [3.63, 3.8) is 0 Å². The van der Waals surface area contributed by atoms with E-state index >= 15 is 0 Å². The maximum atomic E-state index is 12.7. The minimum atomic E-state index is -1.05. The second kappa shape index (κ2) is 7.46. The summed E-state index contributed by atoms with van der Waals surface area (Å²) in [5.41, 5.74) is 0.329. The van der Waals surface area contributed by atoms with Crippen molar-refractivity contribution in [3.8, 4) is 5.75 Å². The van der Waals surface area contributed by atoms with Crippen LogP contribution in [0.3, 0.4) is 0 Å². The fraction of sp³-hybridized carbons (Fsp3) is 0.529. The summed E-state index contributed by atoms with van der Waals surface area (Å²) in [6, 6.07) is 6.65. The van der Waals surface area contributed by atoms with Gasteiger partial charge in [0.1, 0.15) is 5.75 Å². The number of benzene rings is 1. The highest BCUT2D eigenvalue weighted by Gasteiger charge is 2.29. The lowest BCUT2D eigenvalue weighted by atomic mass is 9.97. The molecule has 0 saturated carbocycles. The molecule has 0 aliphatic carbocycles. The van der Waals surface area contributed by atoms with E-state index in [0.29, 0.717) is 24.4 Å². The van der Waals surface area contributed by atoms with Gasteiger partial charge in [-0.15, -0.1) is 0 Å². The van der Waals surface area contributed by atoms with Gasteiger partial charge in [-0.05, 0) is 44.4 Å². The van der Waals surface area contributed by atoms with Gasteiger partial charge in [-0.1, -0.05) is 6.07 Å². The number of likely N-dealkylation sites (tertiary alicyclic amines) is 1. The van der Waals surface area contributed by atoms with Gasteiger partial charge in [0.15, 0.2) is 6.61 Å². The van der Waals surface area contributed by atoms with Gasteiger partial charge in [-0.2, -0.15) is 0 Å². The number of methoxy groups -OCH3 is 1. The first-order valence-corrected chi connectivity index (χ1v) is 7.73. The highest BCUT2D eigenvalue weighted by Crippen LogP contribution is 2.26. The zero-order valence-electron chi connectivity index (χ0n) is 13.6. The fourth-order valence-electron chi connectivity index (χ4n) is 2.71. The predicted octanol–water partition coefficient (Wildman–Crippen LogP) is 2.18. The summed E-state index contributed by atoms with van der Waals surface area (Å²) in [5, 5.41) is 8.65. The van der Waals surface area contributed by atoms with Gasteiger partial charge in [-0.25, -0.2) is 4.79 Å². The Balaban J connectivity index is 2.05. The van der Waals surface area contributed by atoms with Gasteiger partial charge in [0.25, 0.3) is 5.91 Å². The molecule has 6 heteroatoms. The summed E-state index contributed by atoms with van der Waals surface area (Å²) >= 11 is 0. The first-order chi connectivity index (χ1) is 10.9. The van der Waals surface area contributed by atoms with Crippen LogP contribution in [0.2, 0.25) is 0 Å². The summed E-state index contributed by atoms with van der Waals surface area (Å²) in [5.74, 6) is -0.728. The Morgan fingerprint density at radius 2 is 2.09 bits per heavy atom.